The molecule has 0 spiro atoms. The number of fused-ring (bicyclic) bond motifs is 1. The molecule has 3 nitrogen and oxygen atoms in total. The summed E-state index contributed by atoms with van der Waals surface area (Å²) in [6, 6.07) is 21.9. The van der Waals surface area contributed by atoms with Gasteiger partial charge in [0.1, 0.15) is 11.5 Å². The molecule has 3 aromatic carbocycles. The van der Waals surface area contributed by atoms with Crippen molar-refractivity contribution in [2.75, 3.05) is 6.54 Å². The molecule has 6 heteroatoms. The third-order valence-electron chi connectivity index (χ3n) is 4.50. The Morgan fingerprint density at radius 2 is 1.86 bits per heavy atom. The number of aryl methyl sites for hydroxylation is 1. The summed E-state index contributed by atoms with van der Waals surface area (Å²) >= 11 is 11.2. The van der Waals surface area contributed by atoms with Gasteiger partial charge in [-0.05, 0) is 91.0 Å². The third-order valence-corrected chi connectivity index (χ3v) is 6.08. The molecule has 4 aromatic rings. The van der Waals surface area contributed by atoms with Gasteiger partial charge in [-0.25, -0.2) is 0 Å². The molecule has 2 N–H and O–H groups in total. The number of hydrogen-bond donors (Lipinski definition) is 2. The van der Waals surface area contributed by atoms with Crippen LogP contribution in [0.1, 0.15) is 12.0 Å². The molecule has 0 radical (unpaired) electrons. The quantitative estimate of drug-likeness (QED) is 0.198. The molecular weight excluding hydrogens is 468 g/mol. The number of aromatic nitrogens is 1. The summed E-state index contributed by atoms with van der Waals surface area (Å²) < 4.78 is 10.3. The normalized spacial score (nSPS) is 11.1. The van der Waals surface area contributed by atoms with Crippen molar-refractivity contribution in [2.24, 2.45) is 0 Å². The van der Waals surface area contributed by atoms with Crippen LogP contribution in [0.4, 0.5) is 0 Å². The Kier molecular flexibility index (Phi) is 6.82. The van der Waals surface area contributed by atoms with Crippen LogP contribution in [0.2, 0.25) is 5.02 Å². The Balaban J connectivity index is 1.23. The maximum atomic E-state index is 6.12. The average Bonchev–Trinajstić information content (AvgIpc) is 3.11. The Morgan fingerprint density at radius 3 is 2.69 bits per heavy atom. The van der Waals surface area contributed by atoms with Gasteiger partial charge in [-0.3, -0.25) is 4.72 Å². The summed E-state index contributed by atoms with van der Waals surface area (Å²) in [5.41, 5.74) is 2.44. The molecule has 0 aliphatic rings. The molecule has 0 bridgehead atoms. The largest absolute Gasteiger partial charge is 0.457 e. The maximum Gasteiger partial charge on any atom is 0.128 e. The van der Waals surface area contributed by atoms with Crippen LogP contribution in [-0.2, 0) is 6.42 Å². The van der Waals surface area contributed by atoms with Crippen LogP contribution in [0, 0.1) is 0 Å². The fourth-order valence-electron chi connectivity index (χ4n) is 3.09. The first kappa shape index (κ1) is 20.4. The minimum Gasteiger partial charge on any atom is -0.457 e. The highest BCUT2D eigenvalue weighted by atomic mass is 79.9. The minimum absolute atomic E-state index is 0.777. The second-order valence-electron chi connectivity index (χ2n) is 6.63. The van der Waals surface area contributed by atoms with Crippen molar-refractivity contribution in [3.05, 3.63) is 88.0 Å². The van der Waals surface area contributed by atoms with Crippen molar-refractivity contribution in [1.82, 2.24) is 9.71 Å². The van der Waals surface area contributed by atoms with Gasteiger partial charge in [-0.2, -0.15) is 0 Å². The zero-order valence-corrected chi connectivity index (χ0v) is 18.8. The van der Waals surface area contributed by atoms with Gasteiger partial charge in [0, 0.05) is 38.0 Å². The van der Waals surface area contributed by atoms with E-state index in [-0.39, 0.29) is 0 Å². The lowest BCUT2D eigenvalue weighted by atomic mass is 10.1. The van der Waals surface area contributed by atoms with Gasteiger partial charge >= 0.3 is 0 Å². The van der Waals surface area contributed by atoms with Gasteiger partial charge in [0.2, 0.25) is 0 Å². The Bertz CT molecular complexity index is 1100. The predicted molar refractivity (Wildman–Crippen MR) is 126 cm³/mol. The van der Waals surface area contributed by atoms with E-state index in [2.05, 4.69) is 44.0 Å². The molecule has 0 aliphatic carbocycles. The van der Waals surface area contributed by atoms with Gasteiger partial charge < -0.3 is 9.72 Å². The fourth-order valence-corrected chi connectivity index (χ4v) is 4.32. The van der Waals surface area contributed by atoms with E-state index >= 15 is 0 Å². The van der Waals surface area contributed by atoms with Crippen molar-refractivity contribution in [1.29, 1.82) is 0 Å². The van der Waals surface area contributed by atoms with Crippen LogP contribution < -0.4 is 9.46 Å². The van der Waals surface area contributed by atoms with Gasteiger partial charge in [-0.15, -0.1) is 0 Å². The molecule has 0 aliphatic heterocycles. The molecule has 0 fully saturated rings. The lowest BCUT2D eigenvalue weighted by Gasteiger charge is -2.08. The van der Waals surface area contributed by atoms with E-state index in [4.69, 9.17) is 16.3 Å². The molecule has 0 amide bonds. The summed E-state index contributed by atoms with van der Waals surface area (Å²) in [4.78, 5) is 4.47. The topological polar surface area (TPSA) is 37.0 Å². The number of H-pyrrole nitrogens is 1. The summed E-state index contributed by atoms with van der Waals surface area (Å²) in [6.45, 7) is 0.925. The van der Waals surface area contributed by atoms with E-state index in [1.54, 1.807) is 11.9 Å². The monoisotopic (exact) mass is 486 g/mol. The Labute approximate surface area is 188 Å². The second kappa shape index (κ2) is 9.72. The summed E-state index contributed by atoms with van der Waals surface area (Å²) in [5, 5.41) is 1.99. The highest BCUT2D eigenvalue weighted by Crippen LogP contribution is 2.26. The number of halogens is 2. The van der Waals surface area contributed by atoms with Crippen molar-refractivity contribution >= 4 is 50.4 Å². The highest BCUT2D eigenvalue weighted by molar-refractivity contribution is 9.10. The summed E-state index contributed by atoms with van der Waals surface area (Å²) in [6.07, 6.45) is 4.14. The summed E-state index contributed by atoms with van der Waals surface area (Å²) in [7, 11) is 0. The Hall–Kier alpha value is -1.92. The average molecular weight is 488 g/mol. The molecule has 0 saturated heterocycles. The van der Waals surface area contributed by atoms with Gasteiger partial charge in [0.25, 0.3) is 0 Å². The van der Waals surface area contributed by atoms with E-state index in [0.717, 1.165) is 50.8 Å². The molecule has 0 unspecified atom stereocenters. The Morgan fingerprint density at radius 1 is 1.00 bits per heavy atom. The van der Waals surface area contributed by atoms with E-state index in [1.165, 1.54) is 10.9 Å². The van der Waals surface area contributed by atoms with Crippen molar-refractivity contribution in [2.45, 2.75) is 17.7 Å². The van der Waals surface area contributed by atoms with E-state index in [9.17, 15) is 0 Å². The molecule has 148 valence electrons. The zero-order chi connectivity index (χ0) is 20.1. The number of nitrogens with one attached hydrogen (secondary N) is 2. The van der Waals surface area contributed by atoms with Gasteiger partial charge in [-0.1, -0.05) is 33.6 Å². The first-order valence-electron chi connectivity index (χ1n) is 9.36. The van der Waals surface area contributed by atoms with Crippen LogP contribution >= 0.6 is 39.5 Å². The number of benzene rings is 3. The molecule has 0 saturated carbocycles. The molecule has 4 rings (SSSR count). The number of rotatable bonds is 8. The van der Waals surface area contributed by atoms with Gasteiger partial charge in [0.05, 0.1) is 0 Å². The number of ether oxygens (including phenoxy) is 1. The fraction of sp³-hybridized carbons (Fsp3) is 0.130. The highest BCUT2D eigenvalue weighted by Gasteiger charge is 2.04. The molecular formula is C23H20BrClN2OS. The lowest BCUT2D eigenvalue weighted by Crippen LogP contribution is -2.06. The first-order valence-corrected chi connectivity index (χ1v) is 11.3. The molecule has 0 atom stereocenters. The zero-order valence-electron chi connectivity index (χ0n) is 15.6. The van der Waals surface area contributed by atoms with E-state index in [1.807, 2.05) is 54.6 Å². The maximum absolute atomic E-state index is 6.12. The predicted octanol–water partition coefficient (Wildman–Crippen LogP) is 7.61. The van der Waals surface area contributed by atoms with Crippen LogP contribution in [-0.4, -0.2) is 11.5 Å². The standard InChI is InChI=1S/C23H20BrClN2OS/c24-17-4-1-5-20(13-17)28-19-7-9-21(10-8-19)29-27-12-2-3-16-15-26-23-11-6-18(25)14-22(16)23/h1,4-11,13-15,26-27H,2-3,12H2. The van der Waals surface area contributed by atoms with Crippen molar-refractivity contribution in [3.8, 4) is 11.5 Å². The SMILES string of the molecule is Clc1ccc2[nH]cc(CCCNSc3ccc(Oc4cccc(Br)c4)cc3)c2c1. The van der Waals surface area contributed by atoms with E-state index in [0.29, 0.717) is 0 Å². The molecule has 1 heterocycles. The van der Waals surface area contributed by atoms with Crippen LogP contribution in [0.3, 0.4) is 0 Å². The van der Waals surface area contributed by atoms with E-state index < -0.39 is 0 Å². The smallest absolute Gasteiger partial charge is 0.128 e. The molecule has 1 aromatic heterocycles. The molecule has 29 heavy (non-hydrogen) atoms. The lowest BCUT2D eigenvalue weighted by molar-refractivity contribution is 0.482. The number of hydrogen-bond acceptors (Lipinski definition) is 3. The van der Waals surface area contributed by atoms with Crippen LogP contribution in [0.25, 0.3) is 10.9 Å². The minimum atomic E-state index is 0.777. The van der Waals surface area contributed by atoms with Crippen molar-refractivity contribution < 1.29 is 4.74 Å². The van der Waals surface area contributed by atoms with Crippen LogP contribution in [0.5, 0.6) is 11.5 Å². The van der Waals surface area contributed by atoms with Crippen LogP contribution in [0.15, 0.2) is 82.3 Å². The number of aromatic amines is 1. The van der Waals surface area contributed by atoms with Crippen molar-refractivity contribution in [3.63, 3.8) is 0 Å². The second-order valence-corrected chi connectivity index (χ2v) is 8.95. The van der Waals surface area contributed by atoms with Gasteiger partial charge in [0.15, 0.2) is 0 Å². The summed E-state index contributed by atoms with van der Waals surface area (Å²) in [5.74, 6) is 1.64. The third kappa shape index (κ3) is 5.58. The first-order chi connectivity index (χ1) is 14.2.